The normalized spacial score (nSPS) is 9.41. The Kier molecular flexibility index (Phi) is 3.43. The van der Waals surface area contributed by atoms with Crippen LogP contribution in [0, 0.1) is 0 Å². The van der Waals surface area contributed by atoms with Gasteiger partial charge in [0.15, 0.2) is 0 Å². The second-order valence-electron chi connectivity index (χ2n) is 3.00. The Balaban J connectivity index is 0.000000136. The van der Waals surface area contributed by atoms with E-state index in [2.05, 4.69) is 30.8 Å². The van der Waals surface area contributed by atoms with E-state index in [1.54, 1.807) is 6.20 Å². The fourth-order valence-corrected chi connectivity index (χ4v) is 1.10. The molecule has 0 aliphatic rings. The summed E-state index contributed by atoms with van der Waals surface area (Å²) < 4.78 is 0. The molecule has 0 atom stereocenters. The highest BCUT2D eigenvalue weighted by Crippen LogP contribution is 2.05. The fourth-order valence-electron chi connectivity index (χ4n) is 1.10. The maximum Gasteiger partial charge on any atom is 0.267 e. The van der Waals surface area contributed by atoms with E-state index in [4.69, 9.17) is 0 Å². The van der Waals surface area contributed by atoms with E-state index in [-0.39, 0.29) is 5.56 Å². The zero-order valence-corrected chi connectivity index (χ0v) is 8.69. The molecule has 3 rings (SSSR count). The number of aromatic nitrogens is 6. The molecule has 0 saturated carbocycles. The highest BCUT2D eigenvalue weighted by Gasteiger charge is 1.89. The molecule has 0 bridgehead atoms. The van der Waals surface area contributed by atoms with Crippen LogP contribution in [0.5, 0.6) is 0 Å². The Morgan fingerprint density at radius 2 is 1.94 bits per heavy atom. The van der Waals surface area contributed by atoms with Crippen molar-refractivity contribution < 1.29 is 0 Å². The molecule has 0 aliphatic carbocycles. The van der Waals surface area contributed by atoms with Crippen LogP contribution in [0.2, 0.25) is 0 Å². The van der Waals surface area contributed by atoms with Gasteiger partial charge in [-0.15, -0.1) is 15.3 Å². The number of aromatic amines is 1. The molecule has 0 radical (unpaired) electrons. The van der Waals surface area contributed by atoms with E-state index in [9.17, 15) is 4.79 Å². The molecule has 1 N–H and O–H groups in total. The molecular weight excluding hydrogens is 220 g/mol. The van der Waals surface area contributed by atoms with Crippen LogP contribution >= 0.6 is 0 Å². The van der Waals surface area contributed by atoms with Gasteiger partial charge in [-0.05, 0) is 11.3 Å². The molecule has 2 aromatic heterocycles. The van der Waals surface area contributed by atoms with Crippen molar-refractivity contribution in [2.75, 3.05) is 0 Å². The fraction of sp³-hybridized carbons (Fsp3) is 0. The van der Waals surface area contributed by atoms with E-state index in [1.807, 2.05) is 24.3 Å². The van der Waals surface area contributed by atoms with Crippen LogP contribution < -0.4 is 5.56 Å². The summed E-state index contributed by atoms with van der Waals surface area (Å²) in [6.45, 7) is 0. The SMILES string of the molecule is O=c1ccnn[nH]1.c1ccc2nnncc2c1. The van der Waals surface area contributed by atoms with Crippen LogP contribution in [-0.4, -0.2) is 30.8 Å². The van der Waals surface area contributed by atoms with Gasteiger partial charge in [0, 0.05) is 11.5 Å². The standard InChI is InChI=1S/C7H5N3.C3H3N3O/c1-2-4-7-6(3-1)5-8-10-9-7;7-3-1-2-4-6-5-3/h1-5H;1-2H,(H,4,5,7). The van der Waals surface area contributed by atoms with E-state index in [0.29, 0.717) is 0 Å². The highest BCUT2D eigenvalue weighted by molar-refractivity contribution is 5.76. The summed E-state index contributed by atoms with van der Waals surface area (Å²) in [7, 11) is 0. The van der Waals surface area contributed by atoms with Crippen LogP contribution in [0.15, 0.2) is 47.5 Å². The van der Waals surface area contributed by atoms with Crippen molar-refractivity contribution in [2.45, 2.75) is 0 Å². The Morgan fingerprint density at radius 1 is 1.06 bits per heavy atom. The number of hydrogen-bond donors (Lipinski definition) is 1. The van der Waals surface area contributed by atoms with Crippen molar-refractivity contribution in [3.05, 3.63) is 53.1 Å². The Hall–Kier alpha value is -2.70. The molecule has 7 nitrogen and oxygen atoms in total. The van der Waals surface area contributed by atoms with Crippen molar-refractivity contribution in [3.8, 4) is 0 Å². The lowest BCUT2D eigenvalue weighted by molar-refractivity contribution is 0.840. The number of rotatable bonds is 0. The van der Waals surface area contributed by atoms with Crippen molar-refractivity contribution in [3.63, 3.8) is 0 Å². The Labute approximate surface area is 95.5 Å². The molecule has 1 aromatic carbocycles. The molecular formula is C10H8N6O. The van der Waals surface area contributed by atoms with Crippen LogP contribution in [0.3, 0.4) is 0 Å². The van der Waals surface area contributed by atoms with E-state index in [1.165, 1.54) is 12.3 Å². The van der Waals surface area contributed by atoms with E-state index < -0.39 is 0 Å². The van der Waals surface area contributed by atoms with Gasteiger partial charge in [0.25, 0.3) is 5.56 Å². The van der Waals surface area contributed by atoms with Gasteiger partial charge < -0.3 is 0 Å². The number of nitrogens with one attached hydrogen (secondary N) is 1. The summed E-state index contributed by atoms with van der Waals surface area (Å²) in [4.78, 5) is 10.1. The number of nitrogens with zero attached hydrogens (tertiary/aromatic N) is 5. The number of fused-ring (bicyclic) bond motifs is 1. The molecule has 0 saturated heterocycles. The summed E-state index contributed by atoms with van der Waals surface area (Å²) >= 11 is 0. The van der Waals surface area contributed by atoms with Gasteiger partial charge in [-0.2, -0.15) is 0 Å². The predicted molar refractivity (Wildman–Crippen MR) is 60.0 cm³/mol. The minimum absolute atomic E-state index is 0.227. The van der Waals surface area contributed by atoms with Gasteiger partial charge in [-0.3, -0.25) is 4.79 Å². The molecule has 0 aliphatic heterocycles. The summed E-state index contributed by atoms with van der Waals surface area (Å²) in [5, 5.41) is 20.7. The van der Waals surface area contributed by atoms with Crippen molar-refractivity contribution in [2.24, 2.45) is 0 Å². The molecule has 84 valence electrons. The first kappa shape index (κ1) is 10.8. The third-order valence-electron chi connectivity index (χ3n) is 1.85. The Morgan fingerprint density at radius 3 is 2.59 bits per heavy atom. The lowest BCUT2D eigenvalue weighted by Crippen LogP contribution is -2.05. The maximum atomic E-state index is 10.1. The topological polar surface area (TPSA) is 97.3 Å². The lowest BCUT2D eigenvalue weighted by Gasteiger charge is -1.89. The first-order chi connectivity index (χ1) is 8.36. The van der Waals surface area contributed by atoms with Crippen molar-refractivity contribution >= 4 is 10.9 Å². The number of hydrogen-bond acceptors (Lipinski definition) is 6. The Bertz CT molecular complexity index is 570. The summed E-state index contributed by atoms with van der Waals surface area (Å²) in [6, 6.07) is 9.04. The monoisotopic (exact) mass is 228 g/mol. The first-order valence-electron chi connectivity index (χ1n) is 4.76. The zero-order valence-electron chi connectivity index (χ0n) is 8.69. The molecule has 0 amide bonds. The molecule has 2 heterocycles. The second kappa shape index (κ2) is 5.40. The van der Waals surface area contributed by atoms with Gasteiger partial charge in [0.2, 0.25) is 0 Å². The average Bonchev–Trinajstić information content (AvgIpc) is 2.41. The lowest BCUT2D eigenvalue weighted by atomic mass is 10.2. The summed E-state index contributed by atoms with van der Waals surface area (Å²) in [5.74, 6) is 0. The van der Waals surface area contributed by atoms with Crippen LogP contribution in [0.1, 0.15) is 0 Å². The number of benzene rings is 1. The minimum Gasteiger partial charge on any atom is -0.268 e. The molecule has 0 spiro atoms. The van der Waals surface area contributed by atoms with Crippen LogP contribution in [0.4, 0.5) is 0 Å². The largest absolute Gasteiger partial charge is 0.268 e. The van der Waals surface area contributed by atoms with Crippen LogP contribution in [-0.2, 0) is 0 Å². The highest BCUT2D eigenvalue weighted by atomic mass is 16.1. The molecule has 3 aromatic rings. The number of H-pyrrole nitrogens is 1. The molecule has 7 heteroatoms. The van der Waals surface area contributed by atoms with Gasteiger partial charge in [0.1, 0.15) is 0 Å². The molecule has 17 heavy (non-hydrogen) atoms. The maximum absolute atomic E-state index is 10.1. The summed E-state index contributed by atoms with van der Waals surface area (Å²) in [5.41, 5.74) is 0.660. The van der Waals surface area contributed by atoms with E-state index in [0.717, 1.165) is 10.9 Å². The third-order valence-corrected chi connectivity index (χ3v) is 1.85. The summed E-state index contributed by atoms with van der Waals surface area (Å²) in [6.07, 6.45) is 3.03. The van der Waals surface area contributed by atoms with Gasteiger partial charge in [-0.1, -0.05) is 23.4 Å². The third kappa shape index (κ3) is 3.13. The predicted octanol–water partition coefficient (Wildman–Crippen LogP) is 0.190. The van der Waals surface area contributed by atoms with E-state index >= 15 is 0 Å². The second-order valence-corrected chi connectivity index (χ2v) is 3.00. The minimum atomic E-state index is -0.227. The van der Waals surface area contributed by atoms with Crippen molar-refractivity contribution in [1.82, 2.24) is 30.8 Å². The van der Waals surface area contributed by atoms with Crippen LogP contribution in [0.25, 0.3) is 10.9 Å². The van der Waals surface area contributed by atoms with Gasteiger partial charge in [0.05, 0.1) is 17.9 Å². The average molecular weight is 228 g/mol. The van der Waals surface area contributed by atoms with Crippen molar-refractivity contribution in [1.29, 1.82) is 0 Å². The first-order valence-corrected chi connectivity index (χ1v) is 4.76. The smallest absolute Gasteiger partial charge is 0.267 e. The molecule has 0 unspecified atom stereocenters. The molecule has 0 fully saturated rings. The van der Waals surface area contributed by atoms with Gasteiger partial charge in [-0.25, -0.2) is 5.10 Å². The quantitative estimate of drug-likeness (QED) is 0.589. The van der Waals surface area contributed by atoms with Gasteiger partial charge >= 0.3 is 0 Å². The zero-order chi connectivity index (χ0) is 11.9.